The Morgan fingerprint density at radius 1 is 1.40 bits per heavy atom. The highest BCUT2D eigenvalue weighted by atomic mass is 32.2. The molecule has 1 aliphatic rings. The Kier molecular flexibility index (Phi) is 4.36. The standard InChI is InChI=1S/C12H17N3O4S/c13-11-5-3-7-14(8-11)20(18,19)9-10-4-1-2-6-12(10)15(16)17/h1-2,4,6,11H,3,5,7-9,13H2/t11-/m1/s1. The van der Waals surface area contributed by atoms with Crippen molar-refractivity contribution in [2.75, 3.05) is 13.1 Å². The van der Waals surface area contributed by atoms with Gasteiger partial charge in [0.25, 0.3) is 5.69 Å². The molecular formula is C12H17N3O4S. The van der Waals surface area contributed by atoms with Gasteiger partial charge in [-0.05, 0) is 12.8 Å². The molecule has 1 saturated heterocycles. The van der Waals surface area contributed by atoms with Crippen LogP contribution in [0.4, 0.5) is 5.69 Å². The summed E-state index contributed by atoms with van der Waals surface area (Å²) in [6.45, 7) is 0.708. The molecule has 0 radical (unpaired) electrons. The molecule has 110 valence electrons. The summed E-state index contributed by atoms with van der Waals surface area (Å²) < 4.78 is 26.0. The number of rotatable bonds is 4. The highest BCUT2D eigenvalue weighted by molar-refractivity contribution is 7.88. The second-order valence-corrected chi connectivity index (χ2v) is 6.87. The van der Waals surface area contributed by atoms with Crippen LogP contribution in [0.1, 0.15) is 18.4 Å². The van der Waals surface area contributed by atoms with Crippen molar-refractivity contribution >= 4 is 15.7 Å². The molecule has 1 aliphatic heterocycles. The van der Waals surface area contributed by atoms with Gasteiger partial charge in [0, 0.05) is 30.8 Å². The third-order valence-electron chi connectivity index (χ3n) is 3.34. The largest absolute Gasteiger partial charge is 0.327 e. The van der Waals surface area contributed by atoms with E-state index in [2.05, 4.69) is 0 Å². The molecule has 20 heavy (non-hydrogen) atoms. The van der Waals surface area contributed by atoms with E-state index in [9.17, 15) is 18.5 Å². The molecule has 1 atom stereocenters. The van der Waals surface area contributed by atoms with Crippen LogP contribution < -0.4 is 5.73 Å². The third kappa shape index (κ3) is 3.33. The minimum Gasteiger partial charge on any atom is -0.327 e. The predicted octanol–water partition coefficient (Wildman–Crippen LogP) is 0.848. The van der Waals surface area contributed by atoms with E-state index in [1.54, 1.807) is 6.07 Å². The first-order chi connectivity index (χ1) is 9.40. The smallest absolute Gasteiger partial charge is 0.273 e. The average molecular weight is 299 g/mol. The number of nitro groups is 1. The summed E-state index contributed by atoms with van der Waals surface area (Å²) in [4.78, 5) is 10.4. The molecule has 8 heteroatoms. The van der Waals surface area contributed by atoms with Crippen molar-refractivity contribution < 1.29 is 13.3 Å². The van der Waals surface area contributed by atoms with Crippen LogP contribution >= 0.6 is 0 Å². The topological polar surface area (TPSA) is 107 Å². The Labute approximate surface area is 117 Å². The predicted molar refractivity (Wildman–Crippen MR) is 74.5 cm³/mol. The Hall–Kier alpha value is -1.51. The normalized spacial score (nSPS) is 20.8. The first kappa shape index (κ1) is 14.9. The Balaban J connectivity index is 2.22. The van der Waals surface area contributed by atoms with Gasteiger partial charge < -0.3 is 5.73 Å². The van der Waals surface area contributed by atoms with E-state index >= 15 is 0 Å². The van der Waals surface area contributed by atoms with Gasteiger partial charge in [-0.3, -0.25) is 10.1 Å². The lowest BCUT2D eigenvalue weighted by Crippen LogP contribution is -2.46. The molecule has 0 unspecified atom stereocenters. The maximum Gasteiger partial charge on any atom is 0.273 e. The molecule has 7 nitrogen and oxygen atoms in total. The molecule has 0 spiro atoms. The summed E-state index contributed by atoms with van der Waals surface area (Å²) in [5.41, 5.74) is 5.82. The number of hydrogen-bond donors (Lipinski definition) is 1. The van der Waals surface area contributed by atoms with Gasteiger partial charge in [0.05, 0.1) is 10.7 Å². The number of nitro benzene ring substituents is 1. The molecule has 1 fully saturated rings. The number of benzene rings is 1. The highest BCUT2D eigenvalue weighted by Crippen LogP contribution is 2.23. The van der Waals surface area contributed by atoms with Crippen molar-refractivity contribution in [3.63, 3.8) is 0 Å². The molecule has 2 rings (SSSR count). The second-order valence-electron chi connectivity index (χ2n) is 4.90. The lowest BCUT2D eigenvalue weighted by molar-refractivity contribution is -0.385. The monoisotopic (exact) mass is 299 g/mol. The lowest BCUT2D eigenvalue weighted by atomic mass is 10.1. The van der Waals surface area contributed by atoms with Crippen molar-refractivity contribution in [1.29, 1.82) is 0 Å². The summed E-state index contributed by atoms with van der Waals surface area (Å²) in [6.07, 6.45) is 1.52. The zero-order valence-corrected chi connectivity index (χ0v) is 11.8. The van der Waals surface area contributed by atoms with E-state index in [0.717, 1.165) is 12.8 Å². The Morgan fingerprint density at radius 3 is 2.75 bits per heavy atom. The molecule has 1 aromatic rings. The number of nitrogens with two attached hydrogens (primary N) is 1. The van der Waals surface area contributed by atoms with Crippen LogP contribution in [0.5, 0.6) is 0 Å². The van der Waals surface area contributed by atoms with E-state index in [0.29, 0.717) is 6.54 Å². The Morgan fingerprint density at radius 2 is 2.10 bits per heavy atom. The van der Waals surface area contributed by atoms with Gasteiger partial charge in [0.15, 0.2) is 0 Å². The van der Waals surface area contributed by atoms with Gasteiger partial charge >= 0.3 is 0 Å². The van der Waals surface area contributed by atoms with Crippen LogP contribution in [0, 0.1) is 10.1 Å². The molecule has 1 heterocycles. The van der Waals surface area contributed by atoms with Crippen molar-refractivity contribution in [2.45, 2.75) is 24.6 Å². The van der Waals surface area contributed by atoms with E-state index < -0.39 is 14.9 Å². The zero-order chi connectivity index (χ0) is 14.8. The Bertz CT molecular complexity index is 602. The number of sulfonamides is 1. The van der Waals surface area contributed by atoms with Gasteiger partial charge in [-0.2, -0.15) is 0 Å². The lowest BCUT2D eigenvalue weighted by Gasteiger charge is -2.29. The summed E-state index contributed by atoms with van der Waals surface area (Å²) in [6, 6.07) is 5.74. The second kappa shape index (κ2) is 5.86. The van der Waals surface area contributed by atoms with Gasteiger partial charge in [-0.1, -0.05) is 18.2 Å². The first-order valence-electron chi connectivity index (χ1n) is 6.36. The van der Waals surface area contributed by atoms with Crippen LogP contribution in [0.25, 0.3) is 0 Å². The molecule has 0 saturated carbocycles. The minimum absolute atomic E-state index is 0.163. The van der Waals surface area contributed by atoms with Gasteiger partial charge in [-0.15, -0.1) is 0 Å². The SMILES string of the molecule is N[C@@H]1CCCN(S(=O)(=O)Cc2ccccc2[N+](=O)[O-])C1. The molecule has 0 bridgehead atoms. The number of nitrogens with zero attached hydrogens (tertiary/aromatic N) is 2. The van der Waals surface area contributed by atoms with Crippen LogP contribution in [-0.4, -0.2) is 36.8 Å². The molecule has 0 aliphatic carbocycles. The summed E-state index contributed by atoms with van der Waals surface area (Å²) in [5.74, 6) is -0.364. The van der Waals surface area contributed by atoms with Crippen LogP contribution in [0.3, 0.4) is 0 Å². The number of para-hydroxylation sites is 1. The fraction of sp³-hybridized carbons (Fsp3) is 0.500. The van der Waals surface area contributed by atoms with E-state index in [1.807, 2.05) is 0 Å². The zero-order valence-electron chi connectivity index (χ0n) is 10.9. The van der Waals surface area contributed by atoms with Crippen molar-refractivity contribution in [1.82, 2.24) is 4.31 Å². The van der Waals surface area contributed by atoms with Crippen LogP contribution in [0.2, 0.25) is 0 Å². The fourth-order valence-electron chi connectivity index (χ4n) is 2.33. The molecule has 0 amide bonds. The maximum absolute atomic E-state index is 12.3. The van der Waals surface area contributed by atoms with E-state index in [1.165, 1.54) is 22.5 Å². The van der Waals surface area contributed by atoms with Crippen molar-refractivity contribution in [2.24, 2.45) is 5.73 Å². The minimum atomic E-state index is -3.58. The van der Waals surface area contributed by atoms with Crippen molar-refractivity contribution in [3.8, 4) is 0 Å². The molecule has 2 N–H and O–H groups in total. The fourth-order valence-corrected chi connectivity index (χ4v) is 3.97. The van der Waals surface area contributed by atoms with Crippen molar-refractivity contribution in [3.05, 3.63) is 39.9 Å². The molecule has 0 aromatic heterocycles. The summed E-state index contributed by atoms with van der Waals surface area (Å²) >= 11 is 0. The average Bonchev–Trinajstić information content (AvgIpc) is 2.38. The summed E-state index contributed by atoms with van der Waals surface area (Å²) in [5, 5.41) is 10.9. The number of piperidine rings is 1. The quantitative estimate of drug-likeness (QED) is 0.655. The molecule has 1 aromatic carbocycles. The van der Waals surface area contributed by atoms with Crippen LogP contribution in [0.15, 0.2) is 24.3 Å². The number of hydrogen-bond acceptors (Lipinski definition) is 5. The van der Waals surface area contributed by atoms with E-state index in [4.69, 9.17) is 5.73 Å². The molecular weight excluding hydrogens is 282 g/mol. The maximum atomic E-state index is 12.3. The van der Waals surface area contributed by atoms with E-state index in [-0.39, 0.29) is 29.6 Å². The van der Waals surface area contributed by atoms with Gasteiger partial charge in [0.1, 0.15) is 0 Å². The summed E-state index contributed by atoms with van der Waals surface area (Å²) in [7, 11) is -3.58. The van der Waals surface area contributed by atoms with Crippen LogP contribution in [-0.2, 0) is 15.8 Å². The van der Waals surface area contributed by atoms with Gasteiger partial charge in [-0.25, -0.2) is 12.7 Å². The van der Waals surface area contributed by atoms with Gasteiger partial charge in [0.2, 0.25) is 10.0 Å². The highest BCUT2D eigenvalue weighted by Gasteiger charge is 2.29. The third-order valence-corrected chi connectivity index (χ3v) is 5.13. The first-order valence-corrected chi connectivity index (χ1v) is 7.97.